The third-order valence-electron chi connectivity index (χ3n) is 4.41. The van der Waals surface area contributed by atoms with Crippen molar-refractivity contribution in [1.82, 2.24) is 10.2 Å². The lowest BCUT2D eigenvalue weighted by Gasteiger charge is -2.27. The lowest BCUT2D eigenvalue weighted by atomic mass is 10.1. The number of hydrogen-bond donors (Lipinski definition) is 3. The summed E-state index contributed by atoms with van der Waals surface area (Å²) in [6.07, 6.45) is 0.977. The number of carboxylic acids is 1. The van der Waals surface area contributed by atoms with Crippen molar-refractivity contribution in [3.8, 4) is 0 Å². The van der Waals surface area contributed by atoms with E-state index in [1.165, 1.54) is 24.8 Å². The van der Waals surface area contributed by atoms with E-state index in [9.17, 15) is 24.3 Å². The van der Waals surface area contributed by atoms with E-state index in [1.54, 1.807) is 18.2 Å². The standard InChI is InChI=1S/C19H25N3O6/c1-12(19(26)27)22(9-8-20-13(2)23)18(25)14-5-3-6-15(11-14)21-17(24)16-7-4-10-28-16/h3,5-6,11-12,16H,4,7-10H2,1-2H3,(H,20,23)(H,21,24)(H,26,27). The fourth-order valence-corrected chi connectivity index (χ4v) is 2.86. The molecule has 1 fully saturated rings. The SMILES string of the molecule is CC(=O)NCCN(C(=O)c1cccc(NC(=O)C2CCCO2)c1)C(C)C(=O)O. The first-order chi connectivity index (χ1) is 13.3. The van der Waals surface area contributed by atoms with Crippen LogP contribution in [0.1, 0.15) is 37.0 Å². The van der Waals surface area contributed by atoms with Gasteiger partial charge in [0, 0.05) is 37.9 Å². The minimum Gasteiger partial charge on any atom is -0.480 e. The number of nitrogens with zero attached hydrogens (tertiary/aromatic N) is 1. The maximum Gasteiger partial charge on any atom is 0.326 e. The summed E-state index contributed by atoms with van der Waals surface area (Å²) in [4.78, 5) is 48.6. The summed E-state index contributed by atoms with van der Waals surface area (Å²) in [5, 5.41) is 14.6. The van der Waals surface area contributed by atoms with Crippen molar-refractivity contribution in [3.05, 3.63) is 29.8 Å². The van der Waals surface area contributed by atoms with Crippen LogP contribution in [0.3, 0.4) is 0 Å². The first-order valence-corrected chi connectivity index (χ1v) is 9.10. The molecule has 3 N–H and O–H groups in total. The highest BCUT2D eigenvalue weighted by Gasteiger charge is 2.27. The zero-order valence-electron chi connectivity index (χ0n) is 15.9. The molecule has 9 nitrogen and oxygen atoms in total. The van der Waals surface area contributed by atoms with Gasteiger partial charge in [0.2, 0.25) is 5.91 Å². The zero-order chi connectivity index (χ0) is 20.7. The molecule has 1 heterocycles. The predicted octanol–water partition coefficient (Wildman–Crippen LogP) is 0.855. The number of carboxylic acid groups (broad SMARTS) is 1. The Morgan fingerprint density at radius 2 is 2.07 bits per heavy atom. The Labute approximate surface area is 163 Å². The molecule has 0 aromatic heterocycles. The summed E-state index contributed by atoms with van der Waals surface area (Å²) >= 11 is 0. The highest BCUT2D eigenvalue weighted by atomic mass is 16.5. The third-order valence-corrected chi connectivity index (χ3v) is 4.41. The fourth-order valence-electron chi connectivity index (χ4n) is 2.86. The number of ether oxygens (including phenoxy) is 1. The molecule has 1 saturated heterocycles. The van der Waals surface area contributed by atoms with Crippen LogP contribution in [0.5, 0.6) is 0 Å². The van der Waals surface area contributed by atoms with Gasteiger partial charge in [-0.2, -0.15) is 0 Å². The number of hydrogen-bond acceptors (Lipinski definition) is 5. The summed E-state index contributed by atoms with van der Waals surface area (Å²) < 4.78 is 5.34. The van der Waals surface area contributed by atoms with Gasteiger partial charge in [-0.25, -0.2) is 4.79 Å². The quantitative estimate of drug-likeness (QED) is 0.603. The summed E-state index contributed by atoms with van der Waals surface area (Å²) in [7, 11) is 0. The second-order valence-electron chi connectivity index (χ2n) is 6.57. The highest BCUT2D eigenvalue weighted by Crippen LogP contribution is 2.18. The van der Waals surface area contributed by atoms with Crippen molar-refractivity contribution >= 4 is 29.4 Å². The molecule has 152 valence electrons. The van der Waals surface area contributed by atoms with Crippen molar-refractivity contribution in [1.29, 1.82) is 0 Å². The summed E-state index contributed by atoms with van der Waals surface area (Å²) in [6, 6.07) is 5.22. The number of carbonyl (C=O) groups excluding carboxylic acids is 3. The maximum atomic E-state index is 12.9. The van der Waals surface area contributed by atoms with E-state index in [-0.39, 0.29) is 30.5 Å². The molecule has 1 aliphatic rings. The molecule has 1 aromatic carbocycles. The molecule has 0 spiro atoms. The second-order valence-corrected chi connectivity index (χ2v) is 6.57. The Hall–Kier alpha value is -2.94. The monoisotopic (exact) mass is 391 g/mol. The van der Waals surface area contributed by atoms with Gasteiger partial charge in [0.25, 0.3) is 11.8 Å². The van der Waals surface area contributed by atoms with Gasteiger partial charge in [-0.1, -0.05) is 6.07 Å². The van der Waals surface area contributed by atoms with Crippen LogP contribution >= 0.6 is 0 Å². The highest BCUT2D eigenvalue weighted by molar-refractivity contribution is 5.99. The van der Waals surface area contributed by atoms with Gasteiger partial charge in [-0.15, -0.1) is 0 Å². The van der Waals surface area contributed by atoms with Crippen LogP contribution in [0.2, 0.25) is 0 Å². The van der Waals surface area contributed by atoms with Gasteiger partial charge < -0.3 is 25.4 Å². The number of nitrogens with one attached hydrogen (secondary N) is 2. The molecule has 1 aromatic rings. The lowest BCUT2D eigenvalue weighted by Crippen LogP contribution is -2.46. The Morgan fingerprint density at radius 3 is 2.68 bits per heavy atom. The van der Waals surface area contributed by atoms with Crippen LogP contribution in [0.4, 0.5) is 5.69 Å². The molecule has 28 heavy (non-hydrogen) atoms. The van der Waals surface area contributed by atoms with Crippen LogP contribution in [0.25, 0.3) is 0 Å². The predicted molar refractivity (Wildman–Crippen MR) is 101 cm³/mol. The molecule has 3 amide bonds. The van der Waals surface area contributed by atoms with Crippen molar-refractivity contribution in [2.75, 3.05) is 25.0 Å². The van der Waals surface area contributed by atoms with Gasteiger partial charge in [0.05, 0.1) is 0 Å². The van der Waals surface area contributed by atoms with E-state index in [0.717, 1.165) is 6.42 Å². The summed E-state index contributed by atoms with van der Waals surface area (Å²) in [6.45, 7) is 3.46. The van der Waals surface area contributed by atoms with Crippen LogP contribution in [0.15, 0.2) is 24.3 Å². The molecule has 0 aliphatic carbocycles. The first kappa shape index (κ1) is 21.4. The van der Waals surface area contributed by atoms with Crippen LogP contribution < -0.4 is 10.6 Å². The van der Waals surface area contributed by atoms with E-state index < -0.39 is 24.0 Å². The summed E-state index contributed by atoms with van der Waals surface area (Å²) in [5.41, 5.74) is 0.664. The molecular formula is C19H25N3O6. The van der Waals surface area contributed by atoms with Gasteiger partial charge >= 0.3 is 5.97 Å². The topological polar surface area (TPSA) is 125 Å². The lowest BCUT2D eigenvalue weighted by molar-refractivity contribution is -0.141. The molecular weight excluding hydrogens is 366 g/mol. The largest absolute Gasteiger partial charge is 0.480 e. The van der Waals surface area contributed by atoms with Gasteiger partial charge in [-0.3, -0.25) is 14.4 Å². The van der Waals surface area contributed by atoms with Crippen LogP contribution in [0, 0.1) is 0 Å². The van der Waals surface area contributed by atoms with E-state index >= 15 is 0 Å². The molecule has 0 radical (unpaired) electrons. The Bertz CT molecular complexity index is 745. The first-order valence-electron chi connectivity index (χ1n) is 9.10. The van der Waals surface area contributed by atoms with Crippen molar-refractivity contribution < 1.29 is 29.0 Å². The molecule has 0 bridgehead atoms. The smallest absolute Gasteiger partial charge is 0.326 e. The number of anilines is 1. The molecule has 2 atom stereocenters. The van der Waals surface area contributed by atoms with Crippen molar-refractivity contribution in [2.45, 2.75) is 38.8 Å². The Balaban J connectivity index is 2.12. The molecule has 1 aliphatic heterocycles. The Morgan fingerprint density at radius 1 is 1.32 bits per heavy atom. The number of aliphatic carboxylic acids is 1. The van der Waals surface area contributed by atoms with Gasteiger partial charge in [-0.05, 0) is 38.0 Å². The average molecular weight is 391 g/mol. The van der Waals surface area contributed by atoms with Crippen LogP contribution in [-0.2, 0) is 19.1 Å². The van der Waals surface area contributed by atoms with E-state index in [2.05, 4.69) is 10.6 Å². The minimum atomic E-state index is -1.15. The van der Waals surface area contributed by atoms with E-state index in [1.807, 2.05) is 0 Å². The number of carbonyl (C=O) groups is 4. The summed E-state index contributed by atoms with van der Waals surface area (Å²) in [5.74, 6) is -2.20. The van der Waals surface area contributed by atoms with Crippen molar-refractivity contribution in [2.24, 2.45) is 0 Å². The zero-order valence-corrected chi connectivity index (χ0v) is 15.9. The number of amides is 3. The van der Waals surface area contributed by atoms with Crippen LogP contribution in [-0.4, -0.2) is 65.5 Å². The van der Waals surface area contributed by atoms with E-state index in [4.69, 9.17) is 4.74 Å². The average Bonchev–Trinajstić information content (AvgIpc) is 3.19. The number of rotatable bonds is 8. The van der Waals surface area contributed by atoms with Gasteiger partial charge in [0.1, 0.15) is 12.1 Å². The maximum absolute atomic E-state index is 12.9. The molecule has 0 saturated carbocycles. The normalized spacial score (nSPS) is 16.9. The minimum absolute atomic E-state index is 0.0401. The molecule has 2 unspecified atom stereocenters. The fraction of sp³-hybridized carbons (Fsp3) is 0.474. The Kier molecular flexibility index (Phi) is 7.51. The van der Waals surface area contributed by atoms with Crippen molar-refractivity contribution in [3.63, 3.8) is 0 Å². The molecule has 9 heteroatoms. The van der Waals surface area contributed by atoms with Gasteiger partial charge in [0.15, 0.2) is 0 Å². The molecule has 2 rings (SSSR count). The second kappa shape index (κ2) is 9.84. The third kappa shape index (κ3) is 5.78. The van der Waals surface area contributed by atoms with E-state index in [0.29, 0.717) is 18.7 Å². The number of benzene rings is 1.